The van der Waals surface area contributed by atoms with E-state index in [9.17, 15) is 4.79 Å². The minimum atomic E-state index is -0.208. The highest BCUT2D eigenvalue weighted by atomic mass is 32.1. The first-order valence-electron chi connectivity index (χ1n) is 7.86. The highest BCUT2D eigenvalue weighted by molar-refractivity contribution is 7.09. The predicted molar refractivity (Wildman–Crippen MR) is 94.0 cm³/mol. The molecule has 124 valence electrons. The maximum absolute atomic E-state index is 12.0. The van der Waals surface area contributed by atoms with Gasteiger partial charge in [0.25, 0.3) is 0 Å². The van der Waals surface area contributed by atoms with E-state index in [4.69, 9.17) is 4.74 Å². The van der Waals surface area contributed by atoms with Gasteiger partial charge >= 0.3 is 6.03 Å². The molecule has 6 heteroatoms. The zero-order chi connectivity index (χ0) is 16.5. The van der Waals surface area contributed by atoms with Crippen LogP contribution in [0.2, 0.25) is 0 Å². The lowest BCUT2D eigenvalue weighted by Crippen LogP contribution is -2.30. The number of para-hydroxylation sites is 1. The monoisotopic (exact) mass is 333 g/mol. The number of ether oxygens (including phenoxy) is 1. The van der Waals surface area contributed by atoms with Crippen molar-refractivity contribution in [2.75, 3.05) is 18.5 Å². The van der Waals surface area contributed by atoms with Gasteiger partial charge in [0, 0.05) is 36.2 Å². The third-order valence-corrected chi connectivity index (χ3v) is 4.34. The van der Waals surface area contributed by atoms with Crippen LogP contribution in [0.1, 0.15) is 30.1 Å². The number of anilines is 1. The molecule has 0 bridgehead atoms. The molecule has 2 rings (SSSR count). The first-order chi connectivity index (χ1) is 11.2. The third-order valence-electron chi connectivity index (χ3n) is 3.30. The fraction of sp³-hybridized carbons (Fsp3) is 0.412. The van der Waals surface area contributed by atoms with Crippen LogP contribution in [0, 0.1) is 0 Å². The van der Waals surface area contributed by atoms with Gasteiger partial charge in [0.15, 0.2) is 0 Å². The van der Waals surface area contributed by atoms with Gasteiger partial charge in [-0.25, -0.2) is 9.78 Å². The molecule has 1 aromatic heterocycles. The zero-order valence-electron chi connectivity index (χ0n) is 13.6. The first kappa shape index (κ1) is 17.4. The van der Waals surface area contributed by atoms with Crippen LogP contribution >= 0.6 is 11.3 Å². The number of hydrogen-bond acceptors (Lipinski definition) is 4. The van der Waals surface area contributed by atoms with Gasteiger partial charge in [-0.2, -0.15) is 0 Å². The molecule has 0 saturated heterocycles. The molecule has 0 spiro atoms. The molecule has 0 fully saturated rings. The quantitative estimate of drug-likeness (QED) is 0.776. The van der Waals surface area contributed by atoms with Crippen LogP contribution in [0.15, 0.2) is 29.6 Å². The van der Waals surface area contributed by atoms with E-state index in [1.807, 2.05) is 31.2 Å². The molecule has 0 aliphatic rings. The van der Waals surface area contributed by atoms with Gasteiger partial charge in [-0.05, 0) is 19.4 Å². The van der Waals surface area contributed by atoms with Gasteiger partial charge in [-0.1, -0.05) is 25.1 Å². The summed E-state index contributed by atoms with van der Waals surface area (Å²) in [6.07, 6.45) is 1.69. The molecule has 0 saturated carbocycles. The van der Waals surface area contributed by atoms with Crippen LogP contribution in [0.5, 0.6) is 0 Å². The molecule has 1 aromatic carbocycles. The average molecular weight is 333 g/mol. The van der Waals surface area contributed by atoms with Gasteiger partial charge in [0.2, 0.25) is 0 Å². The smallest absolute Gasteiger partial charge is 0.319 e. The van der Waals surface area contributed by atoms with Crippen molar-refractivity contribution in [3.8, 4) is 0 Å². The Balaban J connectivity index is 1.80. The summed E-state index contributed by atoms with van der Waals surface area (Å²) in [5.74, 6) is 0. The lowest BCUT2D eigenvalue weighted by atomic mass is 10.2. The molecule has 0 aliphatic heterocycles. The Hall–Kier alpha value is -1.92. The van der Waals surface area contributed by atoms with Crippen LogP contribution < -0.4 is 10.6 Å². The van der Waals surface area contributed by atoms with Crippen molar-refractivity contribution in [3.63, 3.8) is 0 Å². The molecule has 23 heavy (non-hydrogen) atoms. The number of nitrogens with one attached hydrogen (secondary N) is 2. The molecular formula is C17H23N3O2S. The van der Waals surface area contributed by atoms with E-state index in [-0.39, 0.29) is 6.03 Å². The number of aryl methyl sites for hydroxylation is 1. The molecule has 0 unspecified atom stereocenters. The minimum Gasteiger partial charge on any atom is -0.377 e. The van der Waals surface area contributed by atoms with E-state index in [0.717, 1.165) is 34.8 Å². The maximum Gasteiger partial charge on any atom is 0.319 e. The Labute approximate surface area is 141 Å². The van der Waals surface area contributed by atoms with Gasteiger partial charge in [-0.15, -0.1) is 11.3 Å². The topological polar surface area (TPSA) is 63.2 Å². The standard InChI is InChI=1S/C17H23N3O2S/c1-3-16-19-14(12-23-16)9-10-18-17(21)20-15-8-6-5-7-13(15)11-22-4-2/h5-8,12H,3-4,9-11H2,1-2H3,(H2,18,20,21). The lowest BCUT2D eigenvalue weighted by Gasteiger charge is -2.11. The largest absolute Gasteiger partial charge is 0.377 e. The Bertz CT molecular complexity index is 628. The molecule has 0 aliphatic carbocycles. The number of carbonyl (C=O) groups is 1. The summed E-state index contributed by atoms with van der Waals surface area (Å²) >= 11 is 1.67. The number of rotatable bonds is 8. The second kappa shape index (κ2) is 9.27. The van der Waals surface area contributed by atoms with Crippen molar-refractivity contribution >= 4 is 23.1 Å². The first-order valence-corrected chi connectivity index (χ1v) is 8.74. The number of benzene rings is 1. The number of amides is 2. The van der Waals surface area contributed by atoms with Crippen molar-refractivity contribution in [2.24, 2.45) is 0 Å². The van der Waals surface area contributed by atoms with E-state index < -0.39 is 0 Å². The minimum absolute atomic E-state index is 0.208. The van der Waals surface area contributed by atoms with E-state index in [0.29, 0.717) is 19.8 Å². The van der Waals surface area contributed by atoms with Crippen LogP contribution in [0.25, 0.3) is 0 Å². The molecule has 2 amide bonds. The van der Waals surface area contributed by atoms with Crippen molar-refractivity contribution < 1.29 is 9.53 Å². The summed E-state index contributed by atoms with van der Waals surface area (Å²) in [6.45, 7) is 5.74. The number of hydrogen-bond donors (Lipinski definition) is 2. The maximum atomic E-state index is 12.0. The van der Waals surface area contributed by atoms with Gasteiger partial charge in [0.1, 0.15) is 0 Å². The molecule has 1 heterocycles. The Morgan fingerprint density at radius 2 is 2.13 bits per heavy atom. The zero-order valence-corrected chi connectivity index (χ0v) is 14.4. The van der Waals surface area contributed by atoms with Gasteiger partial charge in [-0.3, -0.25) is 0 Å². The van der Waals surface area contributed by atoms with E-state index in [1.54, 1.807) is 11.3 Å². The number of thiazole rings is 1. The molecule has 2 aromatic rings. The highest BCUT2D eigenvalue weighted by Gasteiger charge is 2.07. The van der Waals surface area contributed by atoms with E-state index >= 15 is 0 Å². The number of carbonyl (C=O) groups excluding carboxylic acids is 1. The summed E-state index contributed by atoms with van der Waals surface area (Å²) in [7, 11) is 0. The number of urea groups is 1. The number of nitrogens with zero attached hydrogens (tertiary/aromatic N) is 1. The van der Waals surface area contributed by atoms with Gasteiger partial charge < -0.3 is 15.4 Å². The summed E-state index contributed by atoms with van der Waals surface area (Å²) in [6, 6.07) is 7.45. The normalized spacial score (nSPS) is 10.5. The Morgan fingerprint density at radius 1 is 1.30 bits per heavy atom. The van der Waals surface area contributed by atoms with Crippen LogP contribution in [0.3, 0.4) is 0 Å². The number of aromatic nitrogens is 1. The van der Waals surface area contributed by atoms with Crippen molar-refractivity contribution in [1.82, 2.24) is 10.3 Å². The van der Waals surface area contributed by atoms with Crippen LogP contribution in [-0.2, 0) is 24.2 Å². The fourth-order valence-corrected chi connectivity index (χ4v) is 2.86. The third kappa shape index (κ3) is 5.65. The summed E-state index contributed by atoms with van der Waals surface area (Å²) in [5, 5.41) is 8.92. The Morgan fingerprint density at radius 3 is 2.87 bits per heavy atom. The molecule has 5 nitrogen and oxygen atoms in total. The molecule has 0 radical (unpaired) electrons. The van der Waals surface area contributed by atoms with Crippen molar-refractivity contribution in [3.05, 3.63) is 45.9 Å². The SMILES string of the molecule is CCOCc1ccccc1NC(=O)NCCc1csc(CC)n1. The summed E-state index contributed by atoms with van der Waals surface area (Å²) in [5.41, 5.74) is 2.78. The van der Waals surface area contributed by atoms with E-state index in [2.05, 4.69) is 27.9 Å². The van der Waals surface area contributed by atoms with Crippen molar-refractivity contribution in [2.45, 2.75) is 33.3 Å². The molecule has 2 N–H and O–H groups in total. The molecule has 0 atom stereocenters. The van der Waals surface area contributed by atoms with Gasteiger partial charge in [0.05, 0.1) is 17.3 Å². The lowest BCUT2D eigenvalue weighted by molar-refractivity contribution is 0.134. The van der Waals surface area contributed by atoms with Crippen LogP contribution in [0.4, 0.5) is 10.5 Å². The van der Waals surface area contributed by atoms with Crippen LogP contribution in [-0.4, -0.2) is 24.2 Å². The second-order valence-corrected chi connectivity index (χ2v) is 5.95. The average Bonchev–Trinajstić information content (AvgIpc) is 3.02. The second-order valence-electron chi connectivity index (χ2n) is 5.01. The summed E-state index contributed by atoms with van der Waals surface area (Å²) < 4.78 is 5.41. The summed E-state index contributed by atoms with van der Waals surface area (Å²) in [4.78, 5) is 16.5. The van der Waals surface area contributed by atoms with Crippen molar-refractivity contribution in [1.29, 1.82) is 0 Å². The Kier molecular flexibility index (Phi) is 7.03. The highest BCUT2D eigenvalue weighted by Crippen LogP contribution is 2.16. The molecular weight excluding hydrogens is 310 g/mol. The predicted octanol–water partition coefficient (Wildman–Crippen LogP) is 3.61. The van der Waals surface area contributed by atoms with E-state index in [1.165, 1.54) is 0 Å². The fourth-order valence-electron chi connectivity index (χ4n) is 2.08.